The summed E-state index contributed by atoms with van der Waals surface area (Å²) >= 11 is 21.1. The highest BCUT2D eigenvalue weighted by Gasteiger charge is 2.40. The van der Waals surface area contributed by atoms with Crippen LogP contribution >= 0.6 is 50.7 Å². The van der Waals surface area contributed by atoms with Crippen LogP contribution in [0.2, 0.25) is 15.1 Å². The van der Waals surface area contributed by atoms with Gasteiger partial charge in [0.2, 0.25) is 4.51 Å². The van der Waals surface area contributed by atoms with Crippen molar-refractivity contribution >= 4 is 56.5 Å². The number of ether oxygens (including phenoxy) is 1. The van der Waals surface area contributed by atoms with E-state index in [1.54, 1.807) is 6.92 Å². The molecule has 1 aromatic rings. The van der Waals surface area contributed by atoms with Crippen LogP contribution in [0.25, 0.3) is 0 Å². The minimum atomic E-state index is -1.19. The van der Waals surface area contributed by atoms with Crippen molar-refractivity contribution in [1.82, 2.24) is 0 Å². The second-order valence-electron chi connectivity index (χ2n) is 5.29. The van der Waals surface area contributed by atoms with Gasteiger partial charge in [-0.15, -0.1) is 0 Å². The van der Waals surface area contributed by atoms with Crippen LogP contribution in [0, 0.1) is 5.41 Å². The van der Waals surface area contributed by atoms with Crippen molar-refractivity contribution in [3.63, 3.8) is 0 Å². The highest BCUT2D eigenvalue weighted by molar-refractivity contribution is 9.10. The molecule has 1 rings (SSSR count). The number of carbonyl (C=O) groups excluding carboxylic acids is 1. The molecule has 106 valence electrons. The van der Waals surface area contributed by atoms with Crippen molar-refractivity contribution in [3.05, 3.63) is 27.2 Å². The summed E-state index contributed by atoms with van der Waals surface area (Å²) in [5.74, 6) is 0.190. The zero-order valence-corrected chi connectivity index (χ0v) is 14.8. The average molecular weight is 389 g/mol. The minimum Gasteiger partial charge on any atom is -0.467 e. The first-order valence-corrected chi connectivity index (χ1v) is 7.45. The first kappa shape index (κ1) is 17.1. The lowest BCUT2D eigenvalue weighted by atomic mass is 9.88. The first-order valence-electron chi connectivity index (χ1n) is 5.52. The molecule has 6 heteroatoms. The topological polar surface area (TPSA) is 26.3 Å². The number of rotatable bonds is 3. The molecule has 0 N–H and O–H groups in total. The second kappa shape index (κ2) is 5.80. The molecule has 0 spiro atoms. The van der Waals surface area contributed by atoms with E-state index in [4.69, 9.17) is 39.5 Å². The number of carbonyl (C=O) groups is 1. The molecule has 19 heavy (non-hydrogen) atoms. The van der Waals surface area contributed by atoms with Crippen LogP contribution in [0.3, 0.4) is 0 Å². The zero-order chi connectivity index (χ0) is 15.0. The summed E-state index contributed by atoms with van der Waals surface area (Å²) in [7, 11) is 0. The number of alkyl halides is 1. The van der Waals surface area contributed by atoms with Crippen LogP contribution < -0.4 is 4.74 Å². The SMILES string of the molecule is CC(C)(C)C(=O)C(C)(Br)Oc1cc(Cl)c(Cl)cc1Cl. The van der Waals surface area contributed by atoms with Crippen LogP contribution in [-0.2, 0) is 4.79 Å². The number of Topliss-reactive ketones (excluding diaryl/α,β-unsaturated/α-hetero) is 1. The molecule has 1 unspecified atom stereocenters. The standard InChI is InChI=1S/C13H14BrCl3O2/c1-12(2,3)11(18)13(4,14)19-10-6-8(16)7(15)5-9(10)17/h5-6H,1-4H3. The van der Waals surface area contributed by atoms with Crippen molar-refractivity contribution in [1.29, 1.82) is 0 Å². The largest absolute Gasteiger partial charge is 0.467 e. The molecule has 0 aliphatic heterocycles. The van der Waals surface area contributed by atoms with Gasteiger partial charge in [0.1, 0.15) is 5.75 Å². The predicted octanol–water partition coefficient (Wildman–Crippen LogP) is 5.75. The molecule has 0 bridgehead atoms. The van der Waals surface area contributed by atoms with Crippen LogP contribution in [0.1, 0.15) is 27.7 Å². The molecular weight excluding hydrogens is 374 g/mol. The summed E-state index contributed by atoms with van der Waals surface area (Å²) in [6.07, 6.45) is 0. The molecule has 0 amide bonds. The Bertz CT molecular complexity index is 507. The van der Waals surface area contributed by atoms with Crippen molar-refractivity contribution in [2.45, 2.75) is 32.2 Å². The summed E-state index contributed by atoms with van der Waals surface area (Å²) in [5.41, 5.74) is -0.555. The number of ketones is 1. The van der Waals surface area contributed by atoms with Crippen LogP contribution in [0.15, 0.2) is 12.1 Å². The summed E-state index contributed by atoms with van der Waals surface area (Å²) in [4.78, 5) is 12.3. The molecule has 0 fully saturated rings. The van der Waals surface area contributed by atoms with Gasteiger partial charge in [-0.25, -0.2) is 0 Å². The maximum absolute atomic E-state index is 12.3. The third-order valence-electron chi connectivity index (χ3n) is 2.36. The lowest BCUT2D eigenvalue weighted by molar-refractivity contribution is -0.134. The number of hydrogen-bond donors (Lipinski definition) is 0. The van der Waals surface area contributed by atoms with Crippen molar-refractivity contribution in [2.24, 2.45) is 5.41 Å². The summed E-state index contributed by atoms with van der Waals surface area (Å²) in [5, 5.41) is 0.937. The van der Waals surface area contributed by atoms with Gasteiger partial charge >= 0.3 is 0 Å². The van der Waals surface area contributed by atoms with Crippen LogP contribution in [-0.4, -0.2) is 10.3 Å². The normalized spacial score (nSPS) is 14.9. The molecule has 0 saturated carbocycles. The third-order valence-corrected chi connectivity index (χ3v) is 3.90. The van der Waals surface area contributed by atoms with Gasteiger partial charge in [-0.05, 0) is 28.9 Å². The van der Waals surface area contributed by atoms with Gasteiger partial charge in [0, 0.05) is 11.5 Å². The Kier molecular flexibility index (Phi) is 5.22. The predicted molar refractivity (Wildman–Crippen MR) is 83.9 cm³/mol. The highest BCUT2D eigenvalue weighted by Crippen LogP contribution is 2.38. The highest BCUT2D eigenvalue weighted by atomic mass is 79.9. The molecule has 1 aromatic carbocycles. The van der Waals surface area contributed by atoms with Crippen LogP contribution in [0.5, 0.6) is 5.75 Å². The van der Waals surface area contributed by atoms with Gasteiger partial charge in [-0.3, -0.25) is 4.79 Å². The van der Waals surface area contributed by atoms with Crippen molar-refractivity contribution in [3.8, 4) is 5.75 Å². The first-order chi connectivity index (χ1) is 8.45. The Balaban J connectivity index is 3.09. The van der Waals surface area contributed by atoms with E-state index in [2.05, 4.69) is 15.9 Å². The third kappa shape index (κ3) is 4.25. The molecule has 0 saturated heterocycles. The molecule has 0 aliphatic rings. The van der Waals surface area contributed by atoms with E-state index in [0.717, 1.165) is 0 Å². The number of hydrogen-bond acceptors (Lipinski definition) is 2. The molecule has 2 nitrogen and oxygen atoms in total. The Labute approximate surface area is 136 Å². The molecule has 0 aliphatic carbocycles. The Hall–Kier alpha value is 0.0400. The zero-order valence-electron chi connectivity index (χ0n) is 11.0. The second-order valence-corrected chi connectivity index (χ2v) is 8.03. The average Bonchev–Trinajstić information content (AvgIpc) is 2.23. The Morgan fingerprint density at radius 1 is 1.05 bits per heavy atom. The molecule has 0 radical (unpaired) electrons. The fourth-order valence-electron chi connectivity index (χ4n) is 1.51. The molecule has 0 heterocycles. The summed E-state index contributed by atoms with van der Waals surface area (Å²) in [6, 6.07) is 2.97. The molecule has 0 aromatic heterocycles. The van der Waals surface area contributed by atoms with Gasteiger partial charge in [0.15, 0.2) is 5.78 Å². The van der Waals surface area contributed by atoms with E-state index >= 15 is 0 Å². The number of benzene rings is 1. The van der Waals surface area contributed by atoms with Crippen molar-refractivity contribution in [2.75, 3.05) is 0 Å². The van der Waals surface area contributed by atoms with Gasteiger partial charge in [-0.2, -0.15) is 0 Å². The monoisotopic (exact) mass is 386 g/mol. The van der Waals surface area contributed by atoms with Crippen molar-refractivity contribution < 1.29 is 9.53 Å². The summed E-state index contributed by atoms with van der Waals surface area (Å²) in [6.45, 7) is 7.07. The van der Waals surface area contributed by atoms with Gasteiger partial charge in [-0.1, -0.05) is 55.6 Å². The van der Waals surface area contributed by atoms with E-state index in [1.165, 1.54) is 12.1 Å². The van der Waals surface area contributed by atoms with Crippen LogP contribution in [0.4, 0.5) is 0 Å². The molecular formula is C13H14BrCl3O2. The lowest BCUT2D eigenvalue weighted by Gasteiger charge is -2.30. The van der Waals surface area contributed by atoms with E-state index in [1.807, 2.05) is 20.8 Å². The lowest BCUT2D eigenvalue weighted by Crippen LogP contribution is -2.42. The van der Waals surface area contributed by atoms with Gasteiger partial charge < -0.3 is 4.74 Å². The maximum atomic E-state index is 12.3. The van der Waals surface area contributed by atoms with E-state index in [9.17, 15) is 4.79 Å². The molecule has 1 atom stereocenters. The Morgan fingerprint density at radius 3 is 2.00 bits per heavy atom. The smallest absolute Gasteiger partial charge is 0.218 e. The van der Waals surface area contributed by atoms with E-state index in [-0.39, 0.29) is 5.78 Å². The maximum Gasteiger partial charge on any atom is 0.218 e. The van der Waals surface area contributed by atoms with E-state index < -0.39 is 9.93 Å². The van der Waals surface area contributed by atoms with Gasteiger partial charge in [0.25, 0.3) is 0 Å². The Morgan fingerprint density at radius 2 is 1.53 bits per heavy atom. The van der Waals surface area contributed by atoms with Gasteiger partial charge in [0.05, 0.1) is 15.1 Å². The fourth-order valence-corrected chi connectivity index (χ4v) is 2.85. The minimum absolute atomic E-state index is 0.109. The number of halogens is 4. The fraction of sp³-hybridized carbons (Fsp3) is 0.462. The summed E-state index contributed by atoms with van der Waals surface area (Å²) < 4.78 is 4.46. The quantitative estimate of drug-likeness (QED) is 0.487. The van der Waals surface area contributed by atoms with E-state index in [0.29, 0.717) is 20.8 Å².